The SMILES string of the molecule is Cc1ccsc1CN(Cc1ccccc1)C(=O)CN(CC1CCCO1)S(=O)(=O)c1cc(Cl)ccc1Cl. The van der Waals surface area contributed by atoms with Crippen molar-refractivity contribution in [1.29, 1.82) is 0 Å². The summed E-state index contributed by atoms with van der Waals surface area (Å²) in [6, 6.07) is 16.0. The fourth-order valence-electron chi connectivity index (χ4n) is 4.10. The van der Waals surface area contributed by atoms with Crippen molar-refractivity contribution < 1.29 is 17.9 Å². The summed E-state index contributed by atoms with van der Waals surface area (Å²) < 4.78 is 34.4. The molecule has 0 bridgehead atoms. The molecule has 1 atom stereocenters. The quantitative estimate of drug-likeness (QED) is 0.313. The van der Waals surface area contributed by atoms with E-state index in [4.69, 9.17) is 27.9 Å². The Morgan fingerprint density at radius 1 is 1.11 bits per heavy atom. The van der Waals surface area contributed by atoms with Crippen LogP contribution >= 0.6 is 34.5 Å². The van der Waals surface area contributed by atoms with Crippen molar-refractivity contribution in [2.24, 2.45) is 0 Å². The lowest BCUT2D eigenvalue weighted by atomic mass is 10.2. The van der Waals surface area contributed by atoms with E-state index in [1.807, 2.05) is 48.7 Å². The maximum atomic E-state index is 13.7. The molecule has 1 aliphatic heterocycles. The van der Waals surface area contributed by atoms with Crippen LogP contribution in [0.5, 0.6) is 0 Å². The number of benzene rings is 2. The number of hydrogen-bond donors (Lipinski definition) is 0. The summed E-state index contributed by atoms with van der Waals surface area (Å²) in [5.74, 6) is -0.300. The molecule has 4 rings (SSSR count). The van der Waals surface area contributed by atoms with Crippen molar-refractivity contribution in [2.45, 2.75) is 43.9 Å². The Balaban J connectivity index is 1.64. The minimum Gasteiger partial charge on any atom is -0.377 e. The largest absolute Gasteiger partial charge is 0.377 e. The van der Waals surface area contributed by atoms with Gasteiger partial charge < -0.3 is 9.64 Å². The Morgan fingerprint density at radius 2 is 1.89 bits per heavy atom. The van der Waals surface area contributed by atoms with Gasteiger partial charge in [-0.05, 0) is 60.5 Å². The Hall–Kier alpha value is -1.94. The summed E-state index contributed by atoms with van der Waals surface area (Å²) >= 11 is 13.9. The van der Waals surface area contributed by atoms with Crippen molar-refractivity contribution in [1.82, 2.24) is 9.21 Å². The summed E-state index contributed by atoms with van der Waals surface area (Å²) in [5, 5.41) is 2.30. The Labute approximate surface area is 226 Å². The van der Waals surface area contributed by atoms with Crippen molar-refractivity contribution in [3.63, 3.8) is 0 Å². The number of nitrogens with zero attached hydrogens (tertiary/aromatic N) is 2. The highest BCUT2D eigenvalue weighted by molar-refractivity contribution is 7.89. The number of rotatable bonds is 10. The average Bonchev–Trinajstić information content (AvgIpc) is 3.52. The second-order valence-electron chi connectivity index (χ2n) is 8.77. The molecule has 0 N–H and O–H groups in total. The van der Waals surface area contributed by atoms with Gasteiger partial charge in [0.15, 0.2) is 0 Å². The maximum absolute atomic E-state index is 13.7. The van der Waals surface area contributed by atoms with Gasteiger partial charge in [0.2, 0.25) is 15.9 Å². The van der Waals surface area contributed by atoms with Gasteiger partial charge in [0.05, 0.1) is 24.2 Å². The highest BCUT2D eigenvalue weighted by Crippen LogP contribution is 2.29. The number of thiophene rings is 1. The number of sulfonamides is 1. The Bertz CT molecular complexity index is 1290. The number of aryl methyl sites for hydroxylation is 1. The highest BCUT2D eigenvalue weighted by Gasteiger charge is 2.33. The van der Waals surface area contributed by atoms with Gasteiger partial charge in [-0.3, -0.25) is 4.79 Å². The first-order chi connectivity index (χ1) is 17.2. The van der Waals surface area contributed by atoms with Crippen LogP contribution < -0.4 is 0 Å². The lowest BCUT2D eigenvalue weighted by Crippen LogP contribution is -2.45. The van der Waals surface area contributed by atoms with Crippen LogP contribution in [0.25, 0.3) is 0 Å². The van der Waals surface area contributed by atoms with E-state index >= 15 is 0 Å². The molecule has 0 spiro atoms. The van der Waals surface area contributed by atoms with E-state index in [1.165, 1.54) is 22.5 Å². The van der Waals surface area contributed by atoms with Gasteiger partial charge in [-0.25, -0.2) is 8.42 Å². The molecule has 0 saturated carbocycles. The monoisotopic (exact) mass is 566 g/mol. The average molecular weight is 568 g/mol. The van der Waals surface area contributed by atoms with Gasteiger partial charge in [-0.1, -0.05) is 53.5 Å². The molecule has 1 unspecified atom stereocenters. The number of halogens is 2. The molecule has 1 fully saturated rings. The number of hydrogen-bond acceptors (Lipinski definition) is 5. The smallest absolute Gasteiger partial charge is 0.245 e. The topological polar surface area (TPSA) is 66.9 Å². The number of carbonyl (C=O) groups is 1. The van der Waals surface area contributed by atoms with Crippen molar-refractivity contribution in [3.8, 4) is 0 Å². The van der Waals surface area contributed by atoms with Gasteiger partial charge in [0.25, 0.3) is 0 Å². The standard InChI is InChI=1S/C26H28Cl2N2O4S2/c1-19-11-13-35-24(19)17-29(15-20-6-3-2-4-7-20)26(31)18-30(16-22-8-5-12-34-22)36(32,33)25-14-21(27)9-10-23(25)28/h2-4,6-7,9-11,13-14,22H,5,8,12,15-18H2,1H3. The third-order valence-electron chi connectivity index (χ3n) is 6.13. The van der Waals surface area contributed by atoms with Crippen molar-refractivity contribution >= 4 is 50.5 Å². The maximum Gasteiger partial charge on any atom is 0.245 e. The predicted octanol–water partition coefficient (Wildman–Crippen LogP) is 5.76. The lowest BCUT2D eigenvalue weighted by Gasteiger charge is -2.29. The second-order valence-corrected chi connectivity index (χ2v) is 12.5. The van der Waals surface area contributed by atoms with Gasteiger partial charge in [0, 0.05) is 29.6 Å². The molecule has 36 heavy (non-hydrogen) atoms. The predicted molar refractivity (Wildman–Crippen MR) is 144 cm³/mol. The van der Waals surface area contributed by atoms with E-state index in [-0.39, 0.29) is 40.0 Å². The highest BCUT2D eigenvalue weighted by atomic mass is 35.5. The number of ether oxygens (including phenoxy) is 1. The van der Waals surface area contributed by atoms with E-state index in [0.29, 0.717) is 19.7 Å². The molecule has 192 valence electrons. The summed E-state index contributed by atoms with van der Waals surface area (Å²) in [7, 11) is -4.12. The minimum atomic E-state index is -4.12. The van der Waals surface area contributed by atoms with Crippen LogP contribution in [0.15, 0.2) is 64.9 Å². The summed E-state index contributed by atoms with van der Waals surface area (Å²) in [6.45, 7) is 3.07. The minimum absolute atomic E-state index is 0.0551. The van der Waals surface area contributed by atoms with Gasteiger partial charge in [-0.15, -0.1) is 11.3 Å². The van der Waals surface area contributed by atoms with Crippen LogP contribution in [0.1, 0.15) is 28.8 Å². The number of carbonyl (C=O) groups excluding carboxylic acids is 1. The molecule has 1 amide bonds. The molecular weight excluding hydrogens is 539 g/mol. The van der Waals surface area contributed by atoms with Crippen LogP contribution in [-0.4, -0.2) is 49.3 Å². The van der Waals surface area contributed by atoms with E-state index in [0.717, 1.165) is 28.8 Å². The normalized spacial score (nSPS) is 15.9. The molecule has 3 aromatic rings. The molecular formula is C26H28Cl2N2O4S2. The van der Waals surface area contributed by atoms with E-state index in [9.17, 15) is 13.2 Å². The molecule has 0 aliphatic carbocycles. The van der Waals surface area contributed by atoms with Crippen LogP contribution in [0.4, 0.5) is 0 Å². The molecule has 2 aromatic carbocycles. The van der Waals surface area contributed by atoms with Crippen LogP contribution in [0.3, 0.4) is 0 Å². The third kappa shape index (κ3) is 6.68. The molecule has 1 saturated heterocycles. The van der Waals surface area contributed by atoms with Crippen LogP contribution in [0.2, 0.25) is 10.0 Å². The summed E-state index contributed by atoms with van der Waals surface area (Å²) in [4.78, 5) is 16.4. The van der Waals surface area contributed by atoms with E-state index < -0.39 is 10.0 Å². The molecule has 2 heterocycles. The Morgan fingerprint density at radius 3 is 2.56 bits per heavy atom. The fraction of sp³-hybridized carbons (Fsp3) is 0.346. The molecule has 1 aromatic heterocycles. The number of amides is 1. The molecule has 6 nitrogen and oxygen atoms in total. The van der Waals surface area contributed by atoms with Crippen molar-refractivity contribution in [3.05, 3.63) is 86.0 Å². The zero-order chi connectivity index (χ0) is 25.7. The zero-order valence-corrected chi connectivity index (χ0v) is 23.0. The van der Waals surface area contributed by atoms with E-state index in [1.54, 1.807) is 16.2 Å². The van der Waals surface area contributed by atoms with E-state index in [2.05, 4.69) is 0 Å². The third-order valence-corrected chi connectivity index (χ3v) is 9.66. The second kappa shape index (κ2) is 12.1. The molecule has 0 radical (unpaired) electrons. The first kappa shape index (κ1) is 27.1. The Kier molecular flexibility index (Phi) is 9.09. The lowest BCUT2D eigenvalue weighted by molar-refractivity contribution is -0.132. The first-order valence-electron chi connectivity index (χ1n) is 11.7. The summed E-state index contributed by atoms with van der Waals surface area (Å²) in [5.41, 5.74) is 2.06. The van der Waals surface area contributed by atoms with Gasteiger partial charge >= 0.3 is 0 Å². The summed E-state index contributed by atoms with van der Waals surface area (Å²) in [6.07, 6.45) is 1.29. The van der Waals surface area contributed by atoms with Crippen LogP contribution in [0, 0.1) is 6.92 Å². The first-order valence-corrected chi connectivity index (χ1v) is 14.7. The zero-order valence-electron chi connectivity index (χ0n) is 19.9. The fourth-order valence-corrected chi connectivity index (χ4v) is 7.18. The molecule has 1 aliphatic rings. The molecule has 10 heteroatoms. The van der Waals surface area contributed by atoms with Gasteiger partial charge in [0.1, 0.15) is 4.90 Å². The van der Waals surface area contributed by atoms with Gasteiger partial charge in [-0.2, -0.15) is 4.31 Å². The van der Waals surface area contributed by atoms with Crippen molar-refractivity contribution in [2.75, 3.05) is 19.7 Å². The van der Waals surface area contributed by atoms with Crippen LogP contribution in [-0.2, 0) is 32.6 Å².